The molecular weight excluding hydrogens is 909 g/mol. The number of rotatable bonds is 8. The van der Waals surface area contributed by atoms with Crippen molar-refractivity contribution in [2.75, 3.05) is 13.4 Å². The normalized spacial score (nSPS) is 11.5. The topological polar surface area (TPSA) is 203 Å². The molecule has 0 saturated heterocycles. The first-order chi connectivity index (χ1) is 31.7. The largest absolute Gasteiger partial charge is 0.497 e. The van der Waals surface area contributed by atoms with E-state index < -0.39 is 56.9 Å². The number of hydrogen-bond acceptors (Lipinski definition) is 6. The van der Waals surface area contributed by atoms with Crippen LogP contribution in [0.2, 0.25) is 0 Å². The number of carboxylic acid groups (broad SMARTS) is 3. The summed E-state index contributed by atoms with van der Waals surface area (Å²) in [5.41, 5.74) is 0.351. The lowest BCUT2D eigenvalue weighted by molar-refractivity contribution is -0.137. The first kappa shape index (κ1) is 46.7. The lowest BCUT2D eigenvalue weighted by Gasteiger charge is -2.08. The molecule has 9 aromatic rings. The van der Waals surface area contributed by atoms with Crippen LogP contribution in [0.3, 0.4) is 0 Å². The number of H-pyrrole nitrogens is 3. The minimum Gasteiger partial charge on any atom is -0.497 e. The molecule has 0 atom stereocenters. The summed E-state index contributed by atoms with van der Waals surface area (Å²) < 4.78 is 110. The minimum atomic E-state index is -4.58. The van der Waals surface area contributed by atoms with E-state index in [4.69, 9.17) is 4.74 Å². The molecule has 67 heavy (non-hydrogen) atoms. The van der Waals surface area contributed by atoms with E-state index in [0.29, 0.717) is 33.1 Å². The second-order valence-electron chi connectivity index (χ2n) is 14.6. The molecule has 0 radical (unpaired) electrons. The predicted molar refractivity (Wildman–Crippen MR) is 237 cm³/mol. The minimum absolute atomic E-state index is 0.00215. The molecule has 9 rings (SSSR count). The molecule has 12 nitrogen and oxygen atoms in total. The molecule has 0 fully saturated rings. The van der Waals surface area contributed by atoms with Gasteiger partial charge in [-0.1, -0.05) is 54.6 Å². The molecule has 0 unspecified atom stereocenters. The Morgan fingerprint density at radius 2 is 0.881 bits per heavy atom. The Morgan fingerprint density at radius 1 is 0.522 bits per heavy atom. The smallest absolute Gasteiger partial charge is 0.416 e. The van der Waals surface area contributed by atoms with Gasteiger partial charge in [0.1, 0.15) is 40.3 Å². The third-order valence-electron chi connectivity index (χ3n) is 10.4. The molecule has 6 N–H and O–H groups in total. The average molecular weight is 942 g/mol. The van der Waals surface area contributed by atoms with E-state index in [2.05, 4.69) is 15.0 Å². The van der Waals surface area contributed by atoms with Crippen molar-refractivity contribution in [3.8, 4) is 39.1 Å². The fraction of sp³-hybridized carbons (Fsp3) is 0.0625. The van der Waals surface area contributed by atoms with Gasteiger partial charge in [0.25, 0.3) is 0 Å². The number of fused-ring (bicyclic) bond motifs is 3. The fourth-order valence-corrected chi connectivity index (χ4v) is 8.03. The van der Waals surface area contributed by atoms with Crippen LogP contribution in [0.25, 0.3) is 66.1 Å². The molecule has 0 aliphatic heterocycles. The second kappa shape index (κ2) is 18.3. The average Bonchev–Trinajstić information content (AvgIpc) is 3.98. The van der Waals surface area contributed by atoms with E-state index in [-0.39, 0.29) is 60.7 Å². The number of aromatic nitrogens is 3. The summed E-state index contributed by atoms with van der Waals surface area (Å²) in [7, 11) is -1.95. The fourth-order valence-electron chi connectivity index (χ4n) is 7.38. The highest BCUT2D eigenvalue weighted by molar-refractivity contribution is 7.90. The Balaban J connectivity index is 0.000000149. The maximum atomic E-state index is 14.1. The van der Waals surface area contributed by atoms with Crippen molar-refractivity contribution >= 4 is 60.5 Å². The van der Waals surface area contributed by atoms with Crippen LogP contribution in [-0.4, -0.2) is 70.0 Å². The van der Waals surface area contributed by atoms with Crippen LogP contribution in [-0.2, 0) is 16.0 Å². The van der Waals surface area contributed by atoms with Gasteiger partial charge < -0.3 is 35.0 Å². The van der Waals surface area contributed by atoms with Gasteiger partial charge >= 0.3 is 24.1 Å². The van der Waals surface area contributed by atoms with Crippen molar-refractivity contribution in [1.29, 1.82) is 0 Å². The van der Waals surface area contributed by atoms with Gasteiger partial charge in [-0.2, -0.15) is 13.2 Å². The van der Waals surface area contributed by atoms with E-state index in [1.54, 1.807) is 42.5 Å². The van der Waals surface area contributed by atoms with Crippen molar-refractivity contribution < 1.29 is 69.2 Å². The van der Waals surface area contributed by atoms with Gasteiger partial charge in [0.2, 0.25) is 0 Å². The number of methoxy groups -OCH3 is 1. The van der Waals surface area contributed by atoms with Crippen LogP contribution in [0.15, 0.2) is 132 Å². The van der Waals surface area contributed by atoms with E-state index in [1.807, 2.05) is 0 Å². The number of aromatic carboxylic acids is 3. The lowest BCUT2D eigenvalue weighted by atomic mass is 10.00. The summed E-state index contributed by atoms with van der Waals surface area (Å²) in [4.78, 5) is 42.4. The standard InChI is InChI=1S/C16H9F4NO2.C16H12FNO4S.C16H12FNO3/c17-11-4-2-1-3-9(11)13-10-7-8(16(18,19)20)5-6-12(10)21-14(13)15(22)23;1-23(21,22)9-6-7-13-11(8-9)14(15(18-13)16(19)20)10-4-2-3-5-12(10)17;1-21-9-6-7-13-11(8-9)14(15(18-13)16(19)20)10-4-2-3-5-12(10)17/h1-7,21H,(H,22,23);2-8,18H,1H3,(H,19,20);2-8,18H,1H3,(H,19,20). The summed E-state index contributed by atoms with van der Waals surface area (Å²) >= 11 is 0. The number of aromatic amines is 3. The van der Waals surface area contributed by atoms with Crippen LogP contribution in [0, 0.1) is 17.5 Å². The van der Waals surface area contributed by atoms with Crippen molar-refractivity contribution in [1.82, 2.24) is 15.0 Å². The molecule has 0 spiro atoms. The Kier molecular flexibility index (Phi) is 12.7. The summed E-state index contributed by atoms with van der Waals surface area (Å²) in [6, 6.07) is 29.3. The van der Waals surface area contributed by atoms with Gasteiger partial charge in [0.15, 0.2) is 9.84 Å². The van der Waals surface area contributed by atoms with Crippen LogP contribution in [0.4, 0.5) is 26.3 Å². The van der Waals surface area contributed by atoms with E-state index >= 15 is 0 Å². The first-order valence-corrected chi connectivity index (χ1v) is 21.3. The SMILES string of the molecule is COc1ccc2[nH]c(C(=O)O)c(-c3ccccc3F)c2c1.CS(=O)(=O)c1ccc2[nH]c(C(=O)O)c(-c3ccccc3F)c2c1.O=C(O)c1[nH]c2ccc(C(F)(F)F)cc2c1-c1ccccc1F. The van der Waals surface area contributed by atoms with Crippen molar-refractivity contribution in [2.45, 2.75) is 11.1 Å². The number of carboxylic acids is 3. The highest BCUT2D eigenvalue weighted by atomic mass is 32.2. The molecule has 0 saturated carbocycles. The Bertz CT molecular complexity index is 3520. The summed E-state index contributed by atoms with van der Waals surface area (Å²) in [5, 5.41) is 29.0. The number of sulfone groups is 1. The number of carbonyl (C=O) groups is 3. The van der Waals surface area contributed by atoms with Gasteiger partial charge in [-0.3, -0.25) is 0 Å². The Morgan fingerprint density at radius 3 is 1.24 bits per heavy atom. The molecule has 342 valence electrons. The van der Waals surface area contributed by atoms with Crippen molar-refractivity contribution in [3.63, 3.8) is 0 Å². The quantitative estimate of drug-likeness (QED) is 0.0801. The number of ether oxygens (including phenoxy) is 1. The zero-order chi connectivity index (χ0) is 48.5. The molecule has 6 aromatic carbocycles. The maximum absolute atomic E-state index is 14.1. The van der Waals surface area contributed by atoms with Crippen LogP contribution in [0.1, 0.15) is 37.0 Å². The summed E-state index contributed by atoms with van der Waals surface area (Å²) in [5.74, 6) is -4.95. The first-order valence-electron chi connectivity index (χ1n) is 19.4. The zero-order valence-electron chi connectivity index (χ0n) is 34.6. The molecule has 0 amide bonds. The van der Waals surface area contributed by atoms with E-state index in [0.717, 1.165) is 30.5 Å². The van der Waals surface area contributed by atoms with Crippen LogP contribution in [0.5, 0.6) is 5.75 Å². The second-order valence-corrected chi connectivity index (χ2v) is 16.6. The van der Waals surface area contributed by atoms with Crippen molar-refractivity contribution in [3.05, 3.63) is 167 Å². The number of halogens is 6. The molecule has 3 aromatic heterocycles. The van der Waals surface area contributed by atoms with Crippen molar-refractivity contribution in [2.24, 2.45) is 0 Å². The highest BCUT2D eigenvalue weighted by Crippen LogP contribution is 2.40. The maximum Gasteiger partial charge on any atom is 0.416 e. The molecule has 3 heterocycles. The van der Waals surface area contributed by atoms with E-state index in [9.17, 15) is 64.5 Å². The van der Waals surface area contributed by atoms with Crippen LogP contribution < -0.4 is 4.74 Å². The van der Waals surface area contributed by atoms with E-state index in [1.165, 1.54) is 67.8 Å². The summed E-state index contributed by atoms with van der Waals surface area (Å²) in [6.45, 7) is 0. The van der Waals surface area contributed by atoms with Gasteiger partial charge in [0.05, 0.1) is 17.6 Å². The van der Waals surface area contributed by atoms with Crippen LogP contribution >= 0.6 is 0 Å². The molecule has 0 bridgehead atoms. The molecule has 0 aliphatic carbocycles. The van der Waals surface area contributed by atoms with Gasteiger partial charge in [-0.25, -0.2) is 36.0 Å². The molecule has 0 aliphatic rings. The highest BCUT2D eigenvalue weighted by Gasteiger charge is 2.32. The number of benzene rings is 6. The lowest BCUT2D eigenvalue weighted by Crippen LogP contribution is -2.04. The Hall–Kier alpha value is -8.32. The Labute approximate surface area is 374 Å². The number of nitrogens with one attached hydrogen (secondary N) is 3. The predicted octanol–water partition coefficient (Wildman–Crippen LogP) is 11.4. The monoisotopic (exact) mass is 941 g/mol. The molecule has 19 heteroatoms. The third-order valence-corrected chi connectivity index (χ3v) is 11.5. The third kappa shape index (κ3) is 9.43. The molecular formula is C48H33F6N3O9S. The number of hydrogen-bond donors (Lipinski definition) is 6. The van der Waals surface area contributed by atoms with Gasteiger partial charge in [-0.05, 0) is 72.8 Å². The zero-order valence-corrected chi connectivity index (χ0v) is 35.4. The van der Waals surface area contributed by atoms with Gasteiger partial charge in [0, 0.05) is 72.3 Å². The summed E-state index contributed by atoms with van der Waals surface area (Å²) in [6.07, 6.45) is -3.52. The number of alkyl halides is 3. The van der Waals surface area contributed by atoms with Gasteiger partial charge in [-0.15, -0.1) is 0 Å².